The zero-order valence-electron chi connectivity index (χ0n) is 9.16. The van der Waals surface area contributed by atoms with Gasteiger partial charge in [-0.25, -0.2) is 9.37 Å². The van der Waals surface area contributed by atoms with Crippen molar-refractivity contribution in [2.24, 2.45) is 0 Å². The molecular formula is C13H12BrFN2. The van der Waals surface area contributed by atoms with Gasteiger partial charge in [0.2, 0.25) is 0 Å². The fourth-order valence-electron chi connectivity index (χ4n) is 1.63. The van der Waals surface area contributed by atoms with E-state index in [1.165, 1.54) is 6.07 Å². The smallest absolute Gasteiger partial charge is 0.137 e. The first-order chi connectivity index (χ1) is 8.15. The minimum Gasteiger partial charge on any atom is -0.384 e. The van der Waals surface area contributed by atoms with Gasteiger partial charge in [-0.15, -0.1) is 0 Å². The first kappa shape index (κ1) is 12.0. The largest absolute Gasteiger partial charge is 0.384 e. The van der Waals surface area contributed by atoms with Gasteiger partial charge in [-0.05, 0) is 64.2 Å². The second kappa shape index (κ2) is 5.27. The summed E-state index contributed by atoms with van der Waals surface area (Å²) in [6, 6.07) is 8.87. The number of nitrogens with two attached hydrogens (primary N) is 1. The molecule has 1 heterocycles. The van der Waals surface area contributed by atoms with Crippen LogP contribution in [-0.4, -0.2) is 4.98 Å². The number of anilines is 1. The van der Waals surface area contributed by atoms with Crippen molar-refractivity contribution in [2.75, 3.05) is 5.73 Å². The monoisotopic (exact) mass is 294 g/mol. The molecule has 1 aromatic carbocycles. The van der Waals surface area contributed by atoms with Crippen molar-refractivity contribution in [3.05, 3.63) is 57.9 Å². The first-order valence-electron chi connectivity index (χ1n) is 5.29. The Hall–Kier alpha value is -1.42. The van der Waals surface area contributed by atoms with Gasteiger partial charge >= 0.3 is 0 Å². The van der Waals surface area contributed by atoms with E-state index >= 15 is 0 Å². The summed E-state index contributed by atoms with van der Waals surface area (Å²) in [6.45, 7) is 0. The van der Waals surface area contributed by atoms with Crippen molar-refractivity contribution in [1.82, 2.24) is 4.98 Å². The van der Waals surface area contributed by atoms with Crippen molar-refractivity contribution in [3.8, 4) is 0 Å². The standard InChI is InChI=1S/C13H12BrFN2/c14-11-7-9(3-4-12(11)15)1-2-10-5-6-17-13(16)8-10/h3-8H,1-2H2,(H2,16,17). The average Bonchev–Trinajstić information content (AvgIpc) is 2.31. The molecule has 1 aromatic heterocycles. The van der Waals surface area contributed by atoms with Crippen LogP contribution in [0.2, 0.25) is 0 Å². The number of benzene rings is 1. The minimum absolute atomic E-state index is 0.234. The molecule has 0 bridgehead atoms. The molecule has 0 fully saturated rings. The van der Waals surface area contributed by atoms with Crippen LogP contribution in [0.15, 0.2) is 41.0 Å². The molecule has 0 aliphatic rings. The summed E-state index contributed by atoms with van der Waals surface area (Å²) in [5.74, 6) is 0.296. The van der Waals surface area contributed by atoms with E-state index in [1.807, 2.05) is 12.1 Å². The van der Waals surface area contributed by atoms with Crippen LogP contribution in [0.5, 0.6) is 0 Å². The van der Waals surface area contributed by atoms with E-state index in [4.69, 9.17) is 5.73 Å². The van der Waals surface area contributed by atoms with E-state index in [0.717, 1.165) is 24.0 Å². The molecule has 0 spiro atoms. The van der Waals surface area contributed by atoms with Crippen LogP contribution in [0.3, 0.4) is 0 Å². The predicted molar refractivity (Wildman–Crippen MR) is 70.2 cm³/mol. The van der Waals surface area contributed by atoms with Crippen LogP contribution in [-0.2, 0) is 12.8 Å². The van der Waals surface area contributed by atoms with Gasteiger partial charge in [0.25, 0.3) is 0 Å². The highest BCUT2D eigenvalue weighted by Gasteiger charge is 2.01. The van der Waals surface area contributed by atoms with Gasteiger partial charge in [0.15, 0.2) is 0 Å². The third kappa shape index (κ3) is 3.27. The Kier molecular flexibility index (Phi) is 3.74. The third-order valence-electron chi connectivity index (χ3n) is 2.53. The van der Waals surface area contributed by atoms with Crippen molar-refractivity contribution in [2.45, 2.75) is 12.8 Å². The van der Waals surface area contributed by atoms with E-state index in [9.17, 15) is 4.39 Å². The number of pyridine rings is 1. The van der Waals surface area contributed by atoms with Gasteiger partial charge in [0.05, 0.1) is 4.47 Å². The summed E-state index contributed by atoms with van der Waals surface area (Å²) >= 11 is 3.18. The first-order valence-corrected chi connectivity index (χ1v) is 6.09. The predicted octanol–water partition coefficient (Wildman–Crippen LogP) is 3.35. The van der Waals surface area contributed by atoms with Crippen LogP contribution in [0, 0.1) is 5.82 Å². The van der Waals surface area contributed by atoms with Crippen LogP contribution < -0.4 is 5.73 Å². The highest BCUT2D eigenvalue weighted by molar-refractivity contribution is 9.10. The number of nitrogens with zero attached hydrogens (tertiary/aromatic N) is 1. The fourth-order valence-corrected chi connectivity index (χ4v) is 2.06. The Morgan fingerprint density at radius 2 is 1.82 bits per heavy atom. The van der Waals surface area contributed by atoms with Crippen LogP contribution in [0.4, 0.5) is 10.2 Å². The summed E-state index contributed by atoms with van der Waals surface area (Å²) < 4.78 is 13.5. The van der Waals surface area contributed by atoms with E-state index in [1.54, 1.807) is 18.3 Å². The lowest BCUT2D eigenvalue weighted by atomic mass is 10.1. The van der Waals surface area contributed by atoms with Gasteiger partial charge in [-0.3, -0.25) is 0 Å². The second-order valence-corrected chi connectivity index (χ2v) is 4.69. The normalized spacial score (nSPS) is 10.5. The van der Waals surface area contributed by atoms with Crippen molar-refractivity contribution < 1.29 is 4.39 Å². The summed E-state index contributed by atoms with van der Waals surface area (Å²) in [5.41, 5.74) is 7.83. The Labute approximate surface area is 108 Å². The number of aryl methyl sites for hydroxylation is 2. The molecular weight excluding hydrogens is 283 g/mol. The fraction of sp³-hybridized carbons (Fsp3) is 0.154. The molecule has 0 atom stereocenters. The molecule has 0 radical (unpaired) electrons. The van der Waals surface area contributed by atoms with E-state index in [0.29, 0.717) is 10.3 Å². The van der Waals surface area contributed by atoms with Crippen molar-refractivity contribution >= 4 is 21.7 Å². The number of halogens is 2. The number of nitrogen functional groups attached to an aromatic ring is 1. The lowest BCUT2D eigenvalue weighted by Crippen LogP contribution is -1.95. The highest BCUT2D eigenvalue weighted by atomic mass is 79.9. The van der Waals surface area contributed by atoms with Crippen molar-refractivity contribution in [3.63, 3.8) is 0 Å². The summed E-state index contributed by atoms with van der Waals surface area (Å²) in [7, 11) is 0. The molecule has 2 N–H and O–H groups in total. The maximum absolute atomic E-state index is 13.0. The topological polar surface area (TPSA) is 38.9 Å². The Balaban J connectivity index is 2.05. The zero-order valence-corrected chi connectivity index (χ0v) is 10.7. The molecule has 0 saturated heterocycles. The molecule has 0 saturated carbocycles. The molecule has 0 aliphatic heterocycles. The quantitative estimate of drug-likeness (QED) is 0.943. The summed E-state index contributed by atoms with van der Waals surface area (Å²) in [5, 5.41) is 0. The molecule has 17 heavy (non-hydrogen) atoms. The highest BCUT2D eigenvalue weighted by Crippen LogP contribution is 2.18. The number of hydrogen-bond acceptors (Lipinski definition) is 2. The van der Waals surface area contributed by atoms with Gasteiger partial charge in [0, 0.05) is 6.20 Å². The van der Waals surface area contributed by atoms with E-state index < -0.39 is 0 Å². The van der Waals surface area contributed by atoms with Gasteiger partial charge in [-0.2, -0.15) is 0 Å². The molecule has 0 aliphatic carbocycles. The molecule has 0 amide bonds. The van der Waals surface area contributed by atoms with Crippen LogP contribution >= 0.6 is 15.9 Å². The average molecular weight is 295 g/mol. The minimum atomic E-state index is -0.234. The van der Waals surface area contributed by atoms with Crippen LogP contribution in [0.1, 0.15) is 11.1 Å². The van der Waals surface area contributed by atoms with Gasteiger partial charge in [-0.1, -0.05) is 6.07 Å². The Morgan fingerprint density at radius 1 is 1.12 bits per heavy atom. The molecule has 2 nitrogen and oxygen atoms in total. The zero-order chi connectivity index (χ0) is 12.3. The van der Waals surface area contributed by atoms with Gasteiger partial charge in [0.1, 0.15) is 11.6 Å². The molecule has 88 valence electrons. The Morgan fingerprint density at radius 3 is 2.47 bits per heavy atom. The lowest BCUT2D eigenvalue weighted by Gasteiger charge is -2.04. The van der Waals surface area contributed by atoms with Gasteiger partial charge < -0.3 is 5.73 Å². The summed E-state index contributed by atoms with van der Waals surface area (Å²) in [6.07, 6.45) is 3.42. The number of hydrogen-bond donors (Lipinski definition) is 1. The number of aromatic nitrogens is 1. The molecule has 2 rings (SSSR count). The maximum atomic E-state index is 13.0. The summed E-state index contributed by atoms with van der Waals surface area (Å²) in [4.78, 5) is 3.94. The van der Waals surface area contributed by atoms with E-state index in [-0.39, 0.29) is 5.82 Å². The van der Waals surface area contributed by atoms with Crippen molar-refractivity contribution in [1.29, 1.82) is 0 Å². The van der Waals surface area contributed by atoms with E-state index in [2.05, 4.69) is 20.9 Å². The maximum Gasteiger partial charge on any atom is 0.137 e. The molecule has 2 aromatic rings. The number of rotatable bonds is 3. The Bertz CT molecular complexity index is 529. The second-order valence-electron chi connectivity index (χ2n) is 3.84. The molecule has 4 heteroatoms. The molecule has 0 unspecified atom stereocenters. The lowest BCUT2D eigenvalue weighted by molar-refractivity contribution is 0.620. The SMILES string of the molecule is Nc1cc(CCc2ccc(F)c(Br)c2)ccn1. The van der Waals surface area contributed by atoms with Crippen LogP contribution in [0.25, 0.3) is 0 Å². The third-order valence-corrected chi connectivity index (χ3v) is 3.14.